The molecule has 0 saturated carbocycles. The summed E-state index contributed by atoms with van der Waals surface area (Å²) in [5.74, 6) is 0.680. The van der Waals surface area contributed by atoms with Crippen LogP contribution in [0.15, 0.2) is 64.0 Å². The van der Waals surface area contributed by atoms with Crippen LogP contribution in [-0.4, -0.2) is 11.5 Å². The molecule has 0 aliphatic rings. The average molecular weight is 469 g/mol. The molecule has 3 heteroatoms. The van der Waals surface area contributed by atoms with Crippen LogP contribution >= 0.6 is 27.7 Å². The van der Waals surface area contributed by atoms with Crippen LogP contribution in [0.5, 0.6) is 0 Å². The summed E-state index contributed by atoms with van der Waals surface area (Å²) in [5, 5.41) is 0. The van der Waals surface area contributed by atoms with Crippen LogP contribution in [0.1, 0.15) is 43.7 Å². The van der Waals surface area contributed by atoms with Crippen LogP contribution < -0.4 is 0 Å². The van der Waals surface area contributed by atoms with E-state index in [1.165, 1.54) is 42.7 Å². The molecule has 29 heavy (non-hydrogen) atoms. The Morgan fingerprint density at radius 2 is 1.21 bits per heavy atom. The van der Waals surface area contributed by atoms with Gasteiger partial charge in [0.25, 0.3) is 0 Å². The summed E-state index contributed by atoms with van der Waals surface area (Å²) >= 11 is 5.15. The zero-order valence-corrected chi connectivity index (χ0v) is 20.5. The molecule has 0 spiro atoms. The topological polar surface area (TPSA) is 17.1 Å². The molecule has 0 bridgehead atoms. The van der Waals surface area contributed by atoms with Gasteiger partial charge in [-0.25, -0.2) is 0 Å². The van der Waals surface area contributed by atoms with Gasteiger partial charge in [-0.2, -0.15) is 0 Å². The van der Waals surface area contributed by atoms with E-state index < -0.39 is 0 Å². The van der Waals surface area contributed by atoms with Crippen LogP contribution in [0, 0.1) is 41.5 Å². The molecule has 1 nitrogen and oxygen atoms in total. The van der Waals surface area contributed by atoms with E-state index in [9.17, 15) is 4.79 Å². The first kappa shape index (κ1) is 23.4. The van der Waals surface area contributed by atoms with Crippen molar-refractivity contribution in [3.8, 4) is 0 Å². The first-order valence-corrected chi connectivity index (χ1v) is 11.5. The quantitative estimate of drug-likeness (QED) is 0.285. The molecule has 0 aliphatic carbocycles. The second-order valence-electron chi connectivity index (χ2n) is 7.52. The molecule has 0 N–H and O–H groups in total. The molecule has 0 fully saturated rings. The maximum atomic E-state index is 12.1. The zero-order valence-electron chi connectivity index (χ0n) is 18.1. The van der Waals surface area contributed by atoms with Crippen molar-refractivity contribution in [1.29, 1.82) is 0 Å². The van der Waals surface area contributed by atoms with Gasteiger partial charge in [0.2, 0.25) is 0 Å². The van der Waals surface area contributed by atoms with Gasteiger partial charge in [0.1, 0.15) is 0 Å². The van der Waals surface area contributed by atoms with E-state index in [0.29, 0.717) is 5.75 Å². The first-order valence-electron chi connectivity index (χ1n) is 9.71. The number of hydrogen-bond donors (Lipinski definition) is 0. The first-order chi connectivity index (χ1) is 13.7. The molecule has 3 rings (SSSR count). The zero-order chi connectivity index (χ0) is 21.6. The highest BCUT2D eigenvalue weighted by atomic mass is 79.9. The summed E-state index contributed by atoms with van der Waals surface area (Å²) in [4.78, 5) is 13.3. The largest absolute Gasteiger partial charge is 0.293 e. The molecule has 0 amide bonds. The average Bonchev–Trinajstić information content (AvgIpc) is 2.66. The number of benzene rings is 3. The molecule has 0 atom stereocenters. The summed E-state index contributed by atoms with van der Waals surface area (Å²) < 4.78 is 1.23. The normalized spacial score (nSPS) is 10.3. The minimum atomic E-state index is 0.185. The van der Waals surface area contributed by atoms with Crippen molar-refractivity contribution in [3.05, 3.63) is 98.0 Å². The standard InChI is InChI=1S/C17H18OS.C9H11Br/c1-12-9-13(2)17(14(3)10-12)19-11-16(18)15-7-5-4-6-8-15;1-6-4-7(2)9(10)8(3)5-6/h4-10H,11H2,1-3H3;4-5H,1-3H3. The van der Waals surface area contributed by atoms with Crippen molar-refractivity contribution in [2.75, 3.05) is 5.75 Å². The third-order valence-electron chi connectivity index (χ3n) is 4.63. The number of halogens is 1. The van der Waals surface area contributed by atoms with E-state index in [1.807, 2.05) is 30.3 Å². The Hall–Kier alpha value is -1.84. The summed E-state index contributed by atoms with van der Waals surface area (Å²) in [6.45, 7) is 12.7. The molecule has 0 saturated heterocycles. The van der Waals surface area contributed by atoms with Gasteiger partial charge in [-0.15, -0.1) is 11.8 Å². The number of carbonyl (C=O) groups excluding carboxylic acids is 1. The second-order valence-corrected chi connectivity index (χ2v) is 9.30. The maximum absolute atomic E-state index is 12.1. The summed E-state index contributed by atoms with van der Waals surface area (Å²) in [6, 6.07) is 18.2. The van der Waals surface area contributed by atoms with Crippen molar-refractivity contribution in [2.24, 2.45) is 0 Å². The Labute approximate surface area is 188 Å². The number of rotatable bonds is 4. The van der Waals surface area contributed by atoms with Gasteiger partial charge in [0.05, 0.1) is 5.75 Å². The summed E-state index contributed by atoms with van der Waals surface area (Å²) in [7, 11) is 0. The third-order valence-corrected chi connectivity index (χ3v) is 7.22. The predicted molar refractivity (Wildman–Crippen MR) is 131 cm³/mol. The van der Waals surface area contributed by atoms with Crippen molar-refractivity contribution in [1.82, 2.24) is 0 Å². The molecule has 3 aromatic carbocycles. The number of carbonyl (C=O) groups is 1. The molecular formula is C26H29BrOS. The van der Waals surface area contributed by atoms with Gasteiger partial charge in [-0.1, -0.05) is 81.7 Å². The van der Waals surface area contributed by atoms with E-state index in [1.54, 1.807) is 11.8 Å². The third kappa shape index (κ3) is 6.87. The van der Waals surface area contributed by atoms with Crippen molar-refractivity contribution >= 4 is 33.5 Å². The highest BCUT2D eigenvalue weighted by Gasteiger charge is 2.09. The van der Waals surface area contributed by atoms with Gasteiger partial charge in [0, 0.05) is 14.9 Å². The fourth-order valence-corrected chi connectivity index (χ4v) is 4.65. The molecule has 0 unspecified atom stereocenters. The summed E-state index contributed by atoms with van der Waals surface area (Å²) in [5.41, 5.74) is 8.53. The Morgan fingerprint density at radius 3 is 1.69 bits per heavy atom. The fourth-order valence-electron chi connectivity index (χ4n) is 3.40. The van der Waals surface area contributed by atoms with E-state index in [2.05, 4.69) is 81.7 Å². The monoisotopic (exact) mass is 468 g/mol. The molecule has 0 heterocycles. The van der Waals surface area contributed by atoms with Gasteiger partial charge < -0.3 is 0 Å². The summed E-state index contributed by atoms with van der Waals surface area (Å²) in [6.07, 6.45) is 0. The Balaban J connectivity index is 0.000000253. The van der Waals surface area contributed by atoms with E-state index in [0.717, 1.165) is 5.56 Å². The number of aryl methyl sites for hydroxylation is 6. The minimum absolute atomic E-state index is 0.185. The van der Waals surface area contributed by atoms with Crippen molar-refractivity contribution in [2.45, 2.75) is 46.4 Å². The van der Waals surface area contributed by atoms with Crippen LogP contribution in [-0.2, 0) is 0 Å². The molecule has 0 aromatic heterocycles. The second kappa shape index (κ2) is 10.8. The highest BCUT2D eigenvalue weighted by Crippen LogP contribution is 2.28. The lowest BCUT2D eigenvalue weighted by atomic mass is 10.1. The van der Waals surface area contributed by atoms with Crippen LogP contribution in [0.2, 0.25) is 0 Å². The van der Waals surface area contributed by atoms with E-state index in [4.69, 9.17) is 0 Å². The van der Waals surface area contributed by atoms with Gasteiger partial charge in [-0.3, -0.25) is 4.79 Å². The lowest BCUT2D eigenvalue weighted by molar-refractivity contribution is 0.102. The highest BCUT2D eigenvalue weighted by molar-refractivity contribution is 9.10. The Morgan fingerprint density at radius 1 is 0.759 bits per heavy atom. The number of ketones is 1. The lowest BCUT2D eigenvalue weighted by Gasteiger charge is -2.10. The number of hydrogen-bond acceptors (Lipinski definition) is 2. The molecule has 152 valence electrons. The fraction of sp³-hybridized carbons (Fsp3) is 0.269. The smallest absolute Gasteiger partial charge is 0.173 e. The number of Topliss-reactive ketones (excluding diaryl/α,β-unsaturated/α-hetero) is 1. The van der Waals surface area contributed by atoms with Crippen molar-refractivity contribution in [3.63, 3.8) is 0 Å². The molecular weight excluding hydrogens is 440 g/mol. The van der Waals surface area contributed by atoms with Crippen LogP contribution in [0.25, 0.3) is 0 Å². The van der Waals surface area contributed by atoms with Crippen LogP contribution in [0.4, 0.5) is 0 Å². The van der Waals surface area contributed by atoms with Crippen LogP contribution in [0.3, 0.4) is 0 Å². The number of thioether (sulfide) groups is 1. The van der Waals surface area contributed by atoms with E-state index in [-0.39, 0.29) is 5.78 Å². The van der Waals surface area contributed by atoms with Gasteiger partial charge in [0.15, 0.2) is 5.78 Å². The lowest BCUT2D eigenvalue weighted by Crippen LogP contribution is -2.02. The minimum Gasteiger partial charge on any atom is -0.293 e. The predicted octanol–water partition coefficient (Wildman–Crippen LogP) is 7.96. The van der Waals surface area contributed by atoms with E-state index >= 15 is 0 Å². The van der Waals surface area contributed by atoms with Crippen molar-refractivity contribution < 1.29 is 4.79 Å². The van der Waals surface area contributed by atoms with Gasteiger partial charge >= 0.3 is 0 Å². The molecule has 0 aliphatic heterocycles. The molecule has 0 radical (unpaired) electrons. The van der Waals surface area contributed by atoms with Gasteiger partial charge in [-0.05, 0) is 63.8 Å². The SMILES string of the molecule is Cc1cc(C)c(Br)c(C)c1.Cc1cc(C)c(SCC(=O)c2ccccc2)c(C)c1. The maximum Gasteiger partial charge on any atom is 0.173 e. The Bertz CT molecular complexity index is 947. The Kier molecular flexibility index (Phi) is 8.73. The molecule has 3 aromatic rings.